The zero-order chi connectivity index (χ0) is 15.9. The molecule has 118 valence electrons. The van der Waals surface area contributed by atoms with Crippen LogP contribution in [0.15, 0.2) is 40.9 Å². The number of aromatic hydroxyl groups is 2. The summed E-state index contributed by atoms with van der Waals surface area (Å²) >= 11 is 3.48. The molecule has 22 heavy (non-hydrogen) atoms. The van der Waals surface area contributed by atoms with Gasteiger partial charge >= 0.3 is 0 Å². The molecule has 0 aliphatic carbocycles. The molecule has 5 heteroatoms. The number of rotatable bonds is 7. The summed E-state index contributed by atoms with van der Waals surface area (Å²) in [5.41, 5.74) is 2.20. The minimum Gasteiger partial charge on any atom is -0.508 e. The van der Waals surface area contributed by atoms with Crippen LogP contribution in [0.4, 0.5) is 0 Å². The van der Waals surface area contributed by atoms with Crippen molar-refractivity contribution in [2.75, 3.05) is 13.7 Å². The van der Waals surface area contributed by atoms with Crippen molar-refractivity contribution in [3.63, 3.8) is 0 Å². The molecule has 0 spiro atoms. The molecule has 3 N–H and O–H groups in total. The Morgan fingerprint density at radius 2 is 1.86 bits per heavy atom. The molecule has 0 heterocycles. The fourth-order valence-electron chi connectivity index (χ4n) is 2.19. The van der Waals surface area contributed by atoms with Gasteiger partial charge in [0.2, 0.25) is 0 Å². The topological polar surface area (TPSA) is 61.7 Å². The third-order valence-electron chi connectivity index (χ3n) is 3.42. The van der Waals surface area contributed by atoms with Gasteiger partial charge in [-0.25, -0.2) is 0 Å². The normalized spacial score (nSPS) is 10.6. The molecular weight excluding hydrogens is 346 g/mol. The van der Waals surface area contributed by atoms with Crippen LogP contribution in [-0.2, 0) is 13.0 Å². The molecule has 0 bridgehead atoms. The Kier molecular flexibility index (Phi) is 6.10. The first-order chi connectivity index (χ1) is 10.6. The second-order valence-electron chi connectivity index (χ2n) is 5.06. The van der Waals surface area contributed by atoms with E-state index in [1.807, 2.05) is 12.1 Å². The third-order valence-corrected chi connectivity index (χ3v) is 4.16. The van der Waals surface area contributed by atoms with Gasteiger partial charge in [0.05, 0.1) is 7.11 Å². The number of ether oxygens (including phenoxy) is 1. The first-order valence-corrected chi connectivity index (χ1v) is 7.93. The molecule has 2 rings (SSSR count). The standard InChI is InChI=1S/C17H20BrNO3/c1-22-17-10-15(18)13(9-16(17)21)11-19-8-2-3-12-4-6-14(20)7-5-12/h4-7,9-10,19-21H,2-3,8,11H2,1H3. The number of nitrogens with one attached hydrogen (secondary N) is 1. The van der Waals surface area contributed by atoms with Gasteiger partial charge < -0.3 is 20.3 Å². The van der Waals surface area contributed by atoms with Crippen LogP contribution in [0, 0.1) is 0 Å². The summed E-state index contributed by atoms with van der Waals surface area (Å²) in [6.45, 7) is 1.55. The van der Waals surface area contributed by atoms with E-state index in [0.717, 1.165) is 29.4 Å². The van der Waals surface area contributed by atoms with Crippen LogP contribution in [0.2, 0.25) is 0 Å². The van der Waals surface area contributed by atoms with E-state index in [0.29, 0.717) is 18.0 Å². The van der Waals surface area contributed by atoms with E-state index < -0.39 is 0 Å². The van der Waals surface area contributed by atoms with Crippen LogP contribution in [0.25, 0.3) is 0 Å². The monoisotopic (exact) mass is 365 g/mol. The van der Waals surface area contributed by atoms with Crippen LogP contribution in [-0.4, -0.2) is 23.9 Å². The lowest BCUT2D eigenvalue weighted by molar-refractivity contribution is 0.372. The first kappa shape index (κ1) is 16.6. The number of aryl methyl sites for hydroxylation is 1. The quantitative estimate of drug-likeness (QED) is 0.656. The molecule has 4 nitrogen and oxygen atoms in total. The summed E-state index contributed by atoms with van der Waals surface area (Å²) in [6.07, 6.45) is 1.97. The second-order valence-corrected chi connectivity index (χ2v) is 5.92. The SMILES string of the molecule is COc1cc(Br)c(CNCCCc2ccc(O)cc2)cc1O. The van der Waals surface area contributed by atoms with Crippen molar-refractivity contribution < 1.29 is 14.9 Å². The highest BCUT2D eigenvalue weighted by Crippen LogP contribution is 2.32. The Morgan fingerprint density at radius 1 is 1.14 bits per heavy atom. The predicted molar refractivity (Wildman–Crippen MR) is 90.5 cm³/mol. The van der Waals surface area contributed by atoms with Crippen LogP contribution in [0.1, 0.15) is 17.5 Å². The molecule has 2 aromatic carbocycles. The maximum absolute atomic E-state index is 9.80. The molecule has 0 saturated heterocycles. The van der Waals surface area contributed by atoms with E-state index in [1.54, 1.807) is 24.3 Å². The van der Waals surface area contributed by atoms with Crippen LogP contribution >= 0.6 is 15.9 Å². The van der Waals surface area contributed by atoms with Gasteiger partial charge in [-0.15, -0.1) is 0 Å². The van der Waals surface area contributed by atoms with Crippen molar-refractivity contribution in [2.24, 2.45) is 0 Å². The highest BCUT2D eigenvalue weighted by molar-refractivity contribution is 9.10. The highest BCUT2D eigenvalue weighted by Gasteiger charge is 2.07. The molecule has 0 saturated carbocycles. The molecule has 0 aliphatic heterocycles. The molecule has 0 aliphatic rings. The van der Waals surface area contributed by atoms with Crippen molar-refractivity contribution >= 4 is 15.9 Å². The van der Waals surface area contributed by atoms with E-state index in [2.05, 4.69) is 21.2 Å². The largest absolute Gasteiger partial charge is 0.508 e. The summed E-state index contributed by atoms with van der Waals surface area (Å²) in [4.78, 5) is 0. The van der Waals surface area contributed by atoms with E-state index >= 15 is 0 Å². The zero-order valence-electron chi connectivity index (χ0n) is 12.5. The van der Waals surface area contributed by atoms with Gasteiger partial charge in [0.25, 0.3) is 0 Å². The van der Waals surface area contributed by atoms with Crippen molar-refractivity contribution in [1.29, 1.82) is 0 Å². The van der Waals surface area contributed by atoms with Gasteiger partial charge in [-0.3, -0.25) is 0 Å². The predicted octanol–water partition coefficient (Wildman–Crippen LogP) is 3.59. The molecule has 0 aromatic heterocycles. The summed E-state index contributed by atoms with van der Waals surface area (Å²) in [5, 5.41) is 22.4. The van der Waals surface area contributed by atoms with Crippen LogP contribution in [0.5, 0.6) is 17.2 Å². The second kappa shape index (κ2) is 8.06. The van der Waals surface area contributed by atoms with Gasteiger partial charge in [0.1, 0.15) is 5.75 Å². The van der Waals surface area contributed by atoms with E-state index in [4.69, 9.17) is 4.74 Å². The van der Waals surface area contributed by atoms with E-state index in [-0.39, 0.29) is 5.75 Å². The van der Waals surface area contributed by atoms with Crippen molar-refractivity contribution in [1.82, 2.24) is 5.32 Å². The first-order valence-electron chi connectivity index (χ1n) is 7.14. The molecule has 0 atom stereocenters. The fraction of sp³-hybridized carbons (Fsp3) is 0.294. The minimum absolute atomic E-state index is 0.145. The number of hydrogen-bond acceptors (Lipinski definition) is 4. The maximum atomic E-state index is 9.80. The third kappa shape index (κ3) is 4.64. The maximum Gasteiger partial charge on any atom is 0.161 e. The molecule has 0 fully saturated rings. The zero-order valence-corrected chi connectivity index (χ0v) is 14.1. The lowest BCUT2D eigenvalue weighted by Crippen LogP contribution is -2.15. The Morgan fingerprint density at radius 3 is 2.55 bits per heavy atom. The summed E-state index contributed by atoms with van der Waals surface area (Å²) < 4.78 is 5.97. The molecule has 0 unspecified atom stereocenters. The number of phenolic OH excluding ortho intramolecular Hbond substituents is 2. The molecular formula is C17H20BrNO3. The summed E-state index contributed by atoms with van der Waals surface area (Å²) in [6, 6.07) is 10.8. The van der Waals surface area contributed by atoms with E-state index in [1.165, 1.54) is 12.7 Å². The van der Waals surface area contributed by atoms with Gasteiger partial charge in [0.15, 0.2) is 11.5 Å². The molecule has 2 aromatic rings. The summed E-state index contributed by atoms with van der Waals surface area (Å²) in [7, 11) is 1.53. The van der Waals surface area contributed by atoms with Gasteiger partial charge in [-0.2, -0.15) is 0 Å². The van der Waals surface area contributed by atoms with Gasteiger partial charge in [0, 0.05) is 11.0 Å². The number of methoxy groups -OCH3 is 1. The Balaban J connectivity index is 1.77. The van der Waals surface area contributed by atoms with Gasteiger partial charge in [-0.1, -0.05) is 28.1 Å². The van der Waals surface area contributed by atoms with Crippen LogP contribution in [0.3, 0.4) is 0 Å². The smallest absolute Gasteiger partial charge is 0.161 e. The Hall–Kier alpha value is -1.72. The highest BCUT2D eigenvalue weighted by atomic mass is 79.9. The van der Waals surface area contributed by atoms with Gasteiger partial charge in [-0.05, 0) is 54.8 Å². The minimum atomic E-state index is 0.145. The Labute approximate surface area is 138 Å². The lowest BCUT2D eigenvalue weighted by Gasteiger charge is -2.10. The average Bonchev–Trinajstić information content (AvgIpc) is 2.51. The Bertz CT molecular complexity index is 614. The number of halogens is 1. The number of hydrogen-bond donors (Lipinski definition) is 3. The number of phenols is 2. The molecule has 0 radical (unpaired) electrons. The lowest BCUT2D eigenvalue weighted by atomic mass is 10.1. The van der Waals surface area contributed by atoms with Crippen molar-refractivity contribution in [3.8, 4) is 17.2 Å². The average molecular weight is 366 g/mol. The van der Waals surface area contributed by atoms with Crippen molar-refractivity contribution in [2.45, 2.75) is 19.4 Å². The van der Waals surface area contributed by atoms with Crippen molar-refractivity contribution in [3.05, 3.63) is 52.0 Å². The molecule has 0 amide bonds. The number of benzene rings is 2. The van der Waals surface area contributed by atoms with E-state index in [9.17, 15) is 10.2 Å². The fourth-order valence-corrected chi connectivity index (χ4v) is 2.65. The summed E-state index contributed by atoms with van der Waals surface area (Å²) in [5.74, 6) is 0.903. The van der Waals surface area contributed by atoms with Crippen LogP contribution < -0.4 is 10.1 Å².